The fourth-order valence-corrected chi connectivity index (χ4v) is 2.58. The first-order valence-electron chi connectivity index (χ1n) is 4.96. The molecule has 2 aromatic heterocycles. The average Bonchev–Trinajstić information content (AvgIpc) is 2.99. The fourth-order valence-electron chi connectivity index (χ4n) is 1.20. The van der Waals surface area contributed by atoms with E-state index in [2.05, 4.69) is 20.0 Å². The van der Waals surface area contributed by atoms with Crippen molar-refractivity contribution in [3.05, 3.63) is 27.7 Å². The molecule has 1 N–H and O–H groups in total. The lowest BCUT2D eigenvalue weighted by Gasteiger charge is -1.99. The smallest absolute Gasteiger partial charge is 0.349 e. The topological polar surface area (TPSA) is 64.1 Å². The zero-order chi connectivity index (χ0) is 12.1. The number of aromatic nitrogens is 2. The molecule has 90 valence electrons. The van der Waals surface area contributed by atoms with Crippen LogP contribution < -0.4 is 5.32 Å². The van der Waals surface area contributed by atoms with Crippen LogP contribution in [0.4, 0.5) is 5.13 Å². The molecule has 0 aliphatic rings. The van der Waals surface area contributed by atoms with E-state index in [1.165, 1.54) is 24.6 Å². The highest BCUT2D eigenvalue weighted by molar-refractivity contribution is 7.17. The maximum absolute atomic E-state index is 11.2. The monoisotopic (exact) mass is 269 g/mol. The van der Waals surface area contributed by atoms with Gasteiger partial charge in [0.2, 0.25) is 0 Å². The highest BCUT2D eigenvalue weighted by Gasteiger charge is 2.09. The van der Waals surface area contributed by atoms with Crippen molar-refractivity contribution in [1.82, 2.24) is 9.97 Å². The van der Waals surface area contributed by atoms with Crippen molar-refractivity contribution in [2.45, 2.75) is 6.42 Å². The first-order chi connectivity index (χ1) is 8.29. The van der Waals surface area contributed by atoms with Crippen LogP contribution in [0.3, 0.4) is 0 Å². The maximum atomic E-state index is 11.2. The molecular formula is C10H11N3O2S2. The summed E-state index contributed by atoms with van der Waals surface area (Å²) in [4.78, 5) is 20.0. The SMILES string of the molecule is COC(=O)c1cnc(NCCc2nccs2)s1. The van der Waals surface area contributed by atoms with Crippen LogP contribution >= 0.6 is 22.7 Å². The molecule has 0 atom stereocenters. The lowest BCUT2D eigenvalue weighted by Crippen LogP contribution is -2.03. The molecule has 0 amide bonds. The average molecular weight is 269 g/mol. The predicted octanol–water partition coefficient (Wildman–Crippen LogP) is 2.04. The molecule has 0 aliphatic heterocycles. The number of nitrogens with one attached hydrogen (secondary N) is 1. The summed E-state index contributed by atoms with van der Waals surface area (Å²) in [5, 5.41) is 6.91. The third kappa shape index (κ3) is 3.24. The van der Waals surface area contributed by atoms with Gasteiger partial charge in [-0.1, -0.05) is 11.3 Å². The minimum absolute atomic E-state index is 0.351. The van der Waals surface area contributed by atoms with Crippen LogP contribution in [-0.4, -0.2) is 29.6 Å². The van der Waals surface area contributed by atoms with E-state index in [1.807, 2.05) is 5.38 Å². The third-order valence-corrected chi connectivity index (χ3v) is 3.77. The Morgan fingerprint density at radius 3 is 3.12 bits per heavy atom. The predicted molar refractivity (Wildman–Crippen MR) is 67.8 cm³/mol. The van der Waals surface area contributed by atoms with Gasteiger partial charge in [-0.05, 0) is 0 Å². The number of esters is 1. The second-order valence-corrected chi connectivity index (χ2v) is 5.13. The quantitative estimate of drug-likeness (QED) is 0.841. The van der Waals surface area contributed by atoms with Crippen LogP contribution in [0.15, 0.2) is 17.8 Å². The number of ether oxygens (including phenoxy) is 1. The van der Waals surface area contributed by atoms with E-state index in [-0.39, 0.29) is 5.97 Å². The zero-order valence-corrected chi connectivity index (χ0v) is 10.8. The van der Waals surface area contributed by atoms with Gasteiger partial charge in [-0.15, -0.1) is 11.3 Å². The minimum atomic E-state index is -0.351. The van der Waals surface area contributed by atoms with Crippen molar-refractivity contribution in [2.24, 2.45) is 0 Å². The van der Waals surface area contributed by atoms with Gasteiger partial charge >= 0.3 is 5.97 Å². The molecular weight excluding hydrogens is 258 g/mol. The first-order valence-corrected chi connectivity index (χ1v) is 6.65. The number of hydrogen-bond acceptors (Lipinski definition) is 7. The van der Waals surface area contributed by atoms with Crippen LogP contribution in [0.5, 0.6) is 0 Å². The van der Waals surface area contributed by atoms with E-state index < -0.39 is 0 Å². The van der Waals surface area contributed by atoms with E-state index in [1.54, 1.807) is 17.5 Å². The summed E-state index contributed by atoms with van der Waals surface area (Å²) in [7, 11) is 1.36. The first kappa shape index (κ1) is 12.0. The Hall–Kier alpha value is -1.47. The number of anilines is 1. The number of hydrogen-bond donors (Lipinski definition) is 1. The highest BCUT2D eigenvalue weighted by Crippen LogP contribution is 2.18. The summed E-state index contributed by atoms with van der Waals surface area (Å²) in [6, 6.07) is 0. The number of carbonyl (C=O) groups excluding carboxylic acids is 1. The van der Waals surface area contributed by atoms with Crippen LogP contribution in [0.25, 0.3) is 0 Å². The number of rotatable bonds is 5. The van der Waals surface area contributed by atoms with Gasteiger partial charge in [-0.3, -0.25) is 0 Å². The van der Waals surface area contributed by atoms with E-state index in [0.29, 0.717) is 4.88 Å². The Balaban J connectivity index is 1.83. The van der Waals surface area contributed by atoms with Gasteiger partial charge in [0.1, 0.15) is 4.88 Å². The standard InChI is InChI=1S/C10H11N3O2S2/c1-15-9(14)7-6-13-10(17-7)12-3-2-8-11-4-5-16-8/h4-6H,2-3H2,1H3,(H,12,13). The number of nitrogens with zero attached hydrogens (tertiary/aromatic N) is 2. The van der Waals surface area contributed by atoms with Gasteiger partial charge in [-0.25, -0.2) is 14.8 Å². The second-order valence-electron chi connectivity index (χ2n) is 3.12. The highest BCUT2D eigenvalue weighted by atomic mass is 32.1. The third-order valence-electron chi connectivity index (χ3n) is 1.99. The molecule has 2 rings (SSSR count). The fraction of sp³-hybridized carbons (Fsp3) is 0.300. The molecule has 0 fully saturated rings. The summed E-state index contributed by atoms with van der Waals surface area (Å²) < 4.78 is 4.61. The van der Waals surface area contributed by atoms with Gasteiger partial charge in [0, 0.05) is 24.5 Å². The van der Waals surface area contributed by atoms with E-state index >= 15 is 0 Å². The summed E-state index contributed by atoms with van der Waals surface area (Å²) >= 11 is 2.92. The normalized spacial score (nSPS) is 10.2. The second kappa shape index (κ2) is 5.74. The van der Waals surface area contributed by atoms with Crippen molar-refractivity contribution < 1.29 is 9.53 Å². The largest absolute Gasteiger partial charge is 0.465 e. The Kier molecular flexibility index (Phi) is 4.05. The molecule has 0 unspecified atom stereocenters. The van der Waals surface area contributed by atoms with Crippen LogP contribution in [0, 0.1) is 0 Å². The maximum Gasteiger partial charge on any atom is 0.349 e. The molecule has 0 bridgehead atoms. The molecule has 0 aromatic carbocycles. The molecule has 2 heterocycles. The number of carbonyl (C=O) groups is 1. The van der Waals surface area contributed by atoms with Crippen molar-refractivity contribution >= 4 is 33.8 Å². The van der Waals surface area contributed by atoms with E-state index in [9.17, 15) is 4.79 Å². The van der Waals surface area contributed by atoms with Crippen molar-refractivity contribution in [2.75, 3.05) is 19.0 Å². The van der Waals surface area contributed by atoms with E-state index in [4.69, 9.17) is 0 Å². The van der Waals surface area contributed by atoms with Gasteiger partial charge in [-0.2, -0.15) is 0 Å². The zero-order valence-electron chi connectivity index (χ0n) is 9.17. The molecule has 0 aliphatic carbocycles. The Labute approximate surface area is 106 Å². The summed E-state index contributed by atoms with van der Waals surface area (Å²) in [6.07, 6.45) is 4.16. The van der Waals surface area contributed by atoms with Crippen molar-refractivity contribution in [1.29, 1.82) is 0 Å². The summed E-state index contributed by atoms with van der Waals surface area (Å²) in [6.45, 7) is 0.752. The van der Waals surface area contributed by atoms with E-state index in [0.717, 1.165) is 23.1 Å². The molecule has 2 aromatic rings. The van der Waals surface area contributed by atoms with Crippen molar-refractivity contribution in [3.8, 4) is 0 Å². The summed E-state index contributed by atoms with van der Waals surface area (Å²) in [5.41, 5.74) is 0. The summed E-state index contributed by atoms with van der Waals surface area (Å²) in [5.74, 6) is -0.351. The Bertz CT molecular complexity index is 481. The van der Waals surface area contributed by atoms with Crippen LogP contribution in [0.1, 0.15) is 14.7 Å². The molecule has 17 heavy (non-hydrogen) atoms. The van der Waals surface area contributed by atoms with Gasteiger partial charge in [0.15, 0.2) is 5.13 Å². The minimum Gasteiger partial charge on any atom is -0.465 e. The molecule has 5 nitrogen and oxygen atoms in total. The van der Waals surface area contributed by atoms with Gasteiger partial charge in [0.05, 0.1) is 18.3 Å². The molecule has 0 radical (unpaired) electrons. The molecule has 0 saturated carbocycles. The Morgan fingerprint density at radius 1 is 1.53 bits per heavy atom. The lowest BCUT2D eigenvalue weighted by atomic mass is 10.4. The van der Waals surface area contributed by atoms with Crippen molar-refractivity contribution in [3.63, 3.8) is 0 Å². The molecule has 7 heteroatoms. The molecule has 0 saturated heterocycles. The Morgan fingerprint density at radius 2 is 2.41 bits per heavy atom. The van der Waals surface area contributed by atoms with Gasteiger partial charge in [0.25, 0.3) is 0 Å². The number of thiazole rings is 2. The van der Waals surface area contributed by atoms with Gasteiger partial charge < -0.3 is 10.1 Å². The number of methoxy groups -OCH3 is 1. The van der Waals surface area contributed by atoms with Crippen LogP contribution in [0.2, 0.25) is 0 Å². The van der Waals surface area contributed by atoms with Crippen LogP contribution in [-0.2, 0) is 11.2 Å². The molecule has 0 spiro atoms. The lowest BCUT2D eigenvalue weighted by molar-refractivity contribution is 0.0606.